The molecule has 8 heteroatoms. The van der Waals surface area contributed by atoms with Crippen LogP contribution < -0.4 is 10.6 Å². The molecule has 1 atom stereocenters. The molecule has 0 bridgehead atoms. The first kappa shape index (κ1) is 20.1. The van der Waals surface area contributed by atoms with Crippen LogP contribution in [0.3, 0.4) is 0 Å². The van der Waals surface area contributed by atoms with Crippen molar-refractivity contribution in [1.29, 1.82) is 0 Å². The molecule has 2 saturated heterocycles. The van der Waals surface area contributed by atoms with Crippen molar-refractivity contribution >= 4 is 17.8 Å². The quantitative estimate of drug-likeness (QED) is 0.635. The standard InChI is InChI=1S/C19H32N4O4/c1-14(2)11-15(22-7-9-27-10-8-22)12-20-16(24)13-23-17(25)19(21-18(23)26)5-3-4-6-19/h14-15H,3-13H2,1-2H3,(H,20,24)(H,21,26). The van der Waals surface area contributed by atoms with Gasteiger partial charge in [0.15, 0.2) is 0 Å². The van der Waals surface area contributed by atoms with Gasteiger partial charge in [-0.15, -0.1) is 0 Å². The van der Waals surface area contributed by atoms with E-state index in [4.69, 9.17) is 4.74 Å². The average Bonchev–Trinajstić information content (AvgIpc) is 3.20. The van der Waals surface area contributed by atoms with E-state index in [9.17, 15) is 14.4 Å². The van der Waals surface area contributed by atoms with Crippen LogP contribution in [-0.4, -0.2) is 78.6 Å². The maximum Gasteiger partial charge on any atom is 0.325 e. The molecule has 152 valence electrons. The Labute approximate surface area is 161 Å². The first-order valence-corrected chi connectivity index (χ1v) is 10.1. The second-order valence-electron chi connectivity index (χ2n) is 8.35. The number of nitrogens with one attached hydrogen (secondary N) is 2. The number of urea groups is 1. The van der Waals surface area contributed by atoms with Gasteiger partial charge in [-0.3, -0.25) is 19.4 Å². The molecule has 1 unspecified atom stereocenters. The zero-order valence-corrected chi connectivity index (χ0v) is 16.5. The normalized spacial score (nSPS) is 23.9. The zero-order valence-electron chi connectivity index (χ0n) is 16.5. The summed E-state index contributed by atoms with van der Waals surface area (Å²) in [6.07, 6.45) is 4.18. The number of carbonyl (C=O) groups excluding carboxylic acids is 3. The lowest BCUT2D eigenvalue weighted by Crippen LogP contribution is -2.51. The van der Waals surface area contributed by atoms with Crippen LogP contribution in [0.1, 0.15) is 46.0 Å². The van der Waals surface area contributed by atoms with Crippen molar-refractivity contribution in [3.63, 3.8) is 0 Å². The van der Waals surface area contributed by atoms with Gasteiger partial charge in [0.25, 0.3) is 5.91 Å². The molecule has 4 amide bonds. The van der Waals surface area contributed by atoms with E-state index in [0.717, 1.165) is 37.3 Å². The third-order valence-electron chi connectivity index (χ3n) is 5.85. The topological polar surface area (TPSA) is 91.0 Å². The minimum absolute atomic E-state index is 0.204. The summed E-state index contributed by atoms with van der Waals surface area (Å²) in [7, 11) is 0. The van der Waals surface area contributed by atoms with Gasteiger partial charge in [-0.05, 0) is 25.2 Å². The Bertz CT molecular complexity index is 568. The number of amides is 4. The number of morpholine rings is 1. The molecule has 8 nitrogen and oxygen atoms in total. The van der Waals surface area contributed by atoms with E-state index in [1.165, 1.54) is 0 Å². The summed E-state index contributed by atoms with van der Waals surface area (Å²) in [6.45, 7) is 7.81. The summed E-state index contributed by atoms with van der Waals surface area (Å²) < 4.78 is 5.42. The fraction of sp³-hybridized carbons (Fsp3) is 0.842. The van der Waals surface area contributed by atoms with Crippen LogP contribution in [0.25, 0.3) is 0 Å². The molecule has 1 aliphatic carbocycles. The summed E-state index contributed by atoms with van der Waals surface area (Å²) in [5.41, 5.74) is -0.759. The van der Waals surface area contributed by atoms with E-state index in [1.807, 2.05) is 0 Å². The van der Waals surface area contributed by atoms with E-state index < -0.39 is 11.6 Å². The molecular formula is C19H32N4O4. The van der Waals surface area contributed by atoms with Crippen LogP contribution in [0, 0.1) is 5.92 Å². The van der Waals surface area contributed by atoms with Crippen molar-refractivity contribution in [2.75, 3.05) is 39.4 Å². The zero-order chi connectivity index (χ0) is 19.4. The number of imide groups is 1. The maximum atomic E-state index is 12.6. The van der Waals surface area contributed by atoms with Gasteiger partial charge in [0, 0.05) is 25.7 Å². The van der Waals surface area contributed by atoms with Crippen molar-refractivity contribution in [3.05, 3.63) is 0 Å². The molecule has 2 aliphatic heterocycles. The van der Waals surface area contributed by atoms with Crippen molar-refractivity contribution in [1.82, 2.24) is 20.4 Å². The smallest absolute Gasteiger partial charge is 0.325 e. The molecule has 0 radical (unpaired) electrons. The largest absolute Gasteiger partial charge is 0.379 e. The monoisotopic (exact) mass is 380 g/mol. The van der Waals surface area contributed by atoms with Gasteiger partial charge in [0.1, 0.15) is 12.1 Å². The Kier molecular flexibility index (Phi) is 6.37. The molecule has 1 saturated carbocycles. The van der Waals surface area contributed by atoms with Crippen molar-refractivity contribution in [3.8, 4) is 0 Å². The van der Waals surface area contributed by atoms with Crippen molar-refractivity contribution < 1.29 is 19.1 Å². The molecule has 3 rings (SSSR count). The fourth-order valence-electron chi connectivity index (χ4n) is 4.42. The summed E-state index contributed by atoms with van der Waals surface area (Å²) >= 11 is 0. The van der Waals surface area contributed by atoms with Gasteiger partial charge in [0.2, 0.25) is 5.91 Å². The summed E-state index contributed by atoms with van der Waals surface area (Å²) in [5, 5.41) is 5.75. The molecule has 2 N–H and O–H groups in total. The number of hydrogen-bond acceptors (Lipinski definition) is 5. The molecule has 2 heterocycles. The minimum Gasteiger partial charge on any atom is -0.379 e. The predicted octanol–water partition coefficient (Wildman–Crippen LogP) is 0.714. The molecule has 0 aromatic rings. The Balaban J connectivity index is 1.53. The van der Waals surface area contributed by atoms with E-state index in [1.54, 1.807) is 0 Å². The highest BCUT2D eigenvalue weighted by atomic mass is 16.5. The number of carbonyl (C=O) groups is 3. The van der Waals surface area contributed by atoms with E-state index in [-0.39, 0.29) is 24.4 Å². The highest BCUT2D eigenvalue weighted by Gasteiger charge is 2.52. The number of rotatable bonds is 7. The van der Waals surface area contributed by atoms with Gasteiger partial charge >= 0.3 is 6.03 Å². The van der Waals surface area contributed by atoms with Crippen LogP contribution in [0.4, 0.5) is 4.79 Å². The van der Waals surface area contributed by atoms with Gasteiger partial charge in [0.05, 0.1) is 13.2 Å². The Morgan fingerprint density at radius 3 is 2.52 bits per heavy atom. The second-order valence-corrected chi connectivity index (χ2v) is 8.35. The lowest BCUT2D eigenvalue weighted by molar-refractivity contribution is -0.135. The highest BCUT2D eigenvalue weighted by Crippen LogP contribution is 2.34. The third-order valence-corrected chi connectivity index (χ3v) is 5.85. The van der Waals surface area contributed by atoms with Crippen LogP contribution >= 0.6 is 0 Å². The lowest BCUT2D eigenvalue weighted by atomic mass is 9.98. The van der Waals surface area contributed by atoms with Crippen LogP contribution in [0.5, 0.6) is 0 Å². The molecule has 3 aliphatic rings. The Morgan fingerprint density at radius 1 is 1.22 bits per heavy atom. The maximum absolute atomic E-state index is 12.6. The summed E-state index contributed by atoms with van der Waals surface area (Å²) in [6, 6.07) is -0.203. The Hall–Kier alpha value is -1.67. The minimum atomic E-state index is -0.759. The van der Waals surface area contributed by atoms with Crippen molar-refractivity contribution in [2.24, 2.45) is 5.92 Å². The SMILES string of the molecule is CC(C)CC(CNC(=O)CN1C(=O)NC2(CCCC2)C1=O)N1CCOCC1. The molecular weight excluding hydrogens is 348 g/mol. The van der Waals surface area contributed by atoms with Crippen LogP contribution in [0.15, 0.2) is 0 Å². The van der Waals surface area contributed by atoms with Crippen LogP contribution in [0.2, 0.25) is 0 Å². The lowest BCUT2D eigenvalue weighted by Gasteiger charge is -2.35. The van der Waals surface area contributed by atoms with Crippen molar-refractivity contribution in [2.45, 2.75) is 57.5 Å². The molecule has 1 spiro atoms. The second kappa shape index (κ2) is 8.56. The summed E-state index contributed by atoms with van der Waals surface area (Å²) in [4.78, 5) is 40.7. The average molecular weight is 380 g/mol. The third kappa shape index (κ3) is 4.60. The molecule has 0 aromatic heterocycles. The molecule has 27 heavy (non-hydrogen) atoms. The predicted molar refractivity (Wildman–Crippen MR) is 100 cm³/mol. The highest BCUT2D eigenvalue weighted by molar-refractivity contribution is 6.09. The number of hydrogen-bond donors (Lipinski definition) is 2. The number of ether oxygens (including phenoxy) is 1. The molecule has 0 aromatic carbocycles. The molecule has 3 fully saturated rings. The number of nitrogens with zero attached hydrogens (tertiary/aromatic N) is 2. The van der Waals surface area contributed by atoms with Gasteiger partial charge in [-0.25, -0.2) is 4.79 Å². The van der Waals surface area contributed by atoms with Gasteiger partial charge in [-0.1, -0.05) is 26.7 Å². The van der Waals surface area contributed by atoms with E-state index in [2.05, 4.69) is 29.4 Å². The van der Waals surface area contributed by atoms with Gasteiger partial charge < -0.3 is 15.4 Å². The van der Waals surface area contributed by atoms with E-state index in [0.29, 0.717) is 38.5 Å². The first-order valence-electron chi connectivity index (χ1n) is 10.1. The summed E-state index contributed by atoms with van der Waals surface area (Å²) in [5.74, 6) is -0.00877. The Morgan fingerprint density at radius 2 is 1.89 bits per heavy atom. The van der Waals surface area contributed by atoms with Gasteiger partial charge in [-0.2, -0.15) is 0 Å². The van der Waals surface area contributed by atoms with Crippen LogP contribution in [-0.2, 0) is 14.3 Å². The van der Waals surface area contributed by atoms with E-state index >= 15 is 0 Å². The first-order chi connectivity index (χ1) is 12.9. The fourth-order valence-corrected chi connectivity index (χ4v) is 4.42.